The van der Waals surface area contributed by atoms with E-state index in [1.807, 2.05) is 25.1 Å². The van der Waals surface area contributed by atoms with Crippen LogP contribution in [0.5, 0.6) is 5.75 Å². The molecule has 3 heteroatoms. The molecule has 0 amide bonds. The molecule has 90 valence electrons. The van der Waals surface area contributed by atoms with Crippen LogP contribution in [0.1, 0.15) is 25.8 Å². The first-order valence-electron chi connectivity index (χ1n) is 5.77. The molecule has 0 aliphatic carbocycles. The molecule has 1 rings (SSSR count). The number of hydrogen-bond donors (Lipinski definition) is 1. The SMILES string of the molecule is CCCNCC(C)Oc1ccc(Cl)cc1C. The molecule has 1 aromatic carbocycles. The van der Waals surface area contributed by atoms with Gasteiger partial charge in [0.05, 0.1) is 0 Å². The Bertz CT molecular complexity index is 328. The summed E-state index contributed by atoms with van der Waals surface area (Å²) in [6.07, 6.45) is 1.32. The van der Waals surface area contributed by atoms with E-state index in [4.69, 9.17) is 16.3 Å². The number of ether oxygens (including phenoxy) is 1. The first-order valence-corrected chi connectivity index (χ1v) is 6.14. The number of halogens is 1. The lowest BCUT2D eigenvalue weighted by atomic mass is 10.2. The summed E-state index contributed by atoms with van der Waals surface area (Å²) in [5.74, 6) is 0.912. The van der Waals surface area contributed by atoms with Crippen LogP contribution in [0.15, 0.2) is 18.2 Å². The van der Waals surface area contributed by atoms with Crippen LogP contribution < -0.4 is 10.1 Å². The summed E-state index contributed by atoms with van der Waals surface area (Å²) in [4.78, 5) is 0. The van der Waals surface area contributed by atoms with Crippen LogP contribution in [0.4, 0.5) is 0 Å². The van der Waals surface area contributed by atoms with Crippen molar-refractivity contribution >= 4 is 11.6 Å². The molecular formula is C13H20ClNO. The molecule has 1 N–H and O–H groups in total. The summed E-state index contributed by atoms with van der Waals surface area (Å²) in [7, 11) is 0. The molecule has 0 fully saturated rings. The predicted molar refractivity (Wildman–Crippen MR) is 69.4 cm³/mol. The van der Waals surface area contributed by atoms with Gasteiger partial charge in [-0.05, 0) is 50.6 Å². The molecule has 0 aliphatic heterocycles. The molecule has 1 atom stereocenters. The summed E-state index contributed by atoms with van der Waals surface area (Å²) >= 11 is 5.89. The van der Waals surface area contributed by atoms with Gasteiger partial charge in [0.25, 0.3) is 0 Å². The van der Waals surface area contributed by atoms with Gasteiger partial charge in [-0.2, -0.15) is 0 Å². The van der Waals surface area contributed by atoms with Crippen LogP contribution in [0.3, 0.4) is 0 Å². The fourth-order valence-electron chi connectivity index (χ4n) is 1.49. The molecule has 0 saturated heterocycles. The highest BCUT2D eigenvalue weighted by molar-refractivity contribution is 6.30. The fraction of sp³-hybridized carbons (Fsp3) is 0.538. The Morgan fingerprint density at radius 1 is 1.44 bits per heavy atom. The van der Waals surface area contributed by atoms with E-state index in [2.05, 4.69) is 19.2 Å². The highest BCUT2D eigenvalue weighted by Gasteiger charge is 2.05. The Labute approximate surface area is 103 Å². The highest BCUT2D eigenvalue weighted by Crippen LogP contribution is 2.22. The lowest BCUT2D eigenvalue weighted by Crippen LogP contribution is -2.29. The van der Waals surface area contributed by atoms with Gasteiger partial charge < -0.3 is 10.1 Å². The second-order valence-electron chi connectivity index (χ2n) is 4.04. The van der Waals surface area contributed by atoms with Crippen molar-refractivity contribution in [1.82, 2.24) is 5.32 Å². The molecule has 0 radical (unpaired) electrons. The van der Waals surface area contributed by atoms with Gasteiger partial charge >= 0.3 is 0 Å². The second-order valence-corrected chi connectivity index (χ2v) is 4.48. The van der Waals surface area contributed by atoms with Gasteiger partial charge in [0, 0.05) is 11.6 Å². The normalized spacial score (nSPS) is 12.5. The van der Waals surface area contributed by atoms with E-state index in [0.29, 0.717) is 0 Å². The third-order valence-electron chi connectivity index (χ3n) is 2.32. The number of aryl methyl sites for hydroxylation is 1. The van der Waals surface area contributed by atoms with Crippen LogP contribution in [0.2, 0.25) is 5.02 Å². The zero-order valence-electron chi connectivity index (χ0n) is 10.2. The van der Waals surface area contributed by atoms with Crippen LogP contribution in [0.25, 0.3) is 0 Å². The first-order chi connectivity index (χ1) is 7.63. The highest BCUT2D eigenvalue weighted by atomic mass is 35.5. The quantitative estimate of drug-likeness (QED) is 0.771. The van der Waals surface area contributed by atoms with Crippen LogP contribution >= 0.6 is 11.6 Å². The molecule has 1 unspecified atom stereocenters. The smallest absolute Gasteiger partial charge is 0.122 e. The van der Waals surface area contributed by atoms with Crippen molar-refractivity contribution in [1.29, 1.82) is 0 Å². The lowest BCUT2D eigenvalue weighted by Gasteiger charge is -2.17. The topological polar surface area (TPSA) is 21.3 Å². The van der Waals surface area contributed by atoms with E-state index in [9.17, 15) is 0 Å². The van der Waals surface area contributed by atoms with E-state index >= 15 is 0 Å². The molecule has 0 aromatic heterocycles. The average Bonchev–Trinajstić information content (AvgIpc) is 2.23. The third-order valence-corrected chi connectivity index (χ3v) is 2.56. The molecule has 0 spiro atoms. The van der Waals surface area contributed by atoms with E-state index < -0.39 is 0 Å². The molecule has 0 aliphatic rings. The van der Waals surface area contributed by atoms with Gasteiger partial charge in [-0.25, -0.2) is 0 Å². The third kappa shape index (κ3) is 4.42. The maximum atomic E-state index is 5.89. The first kappa shape index (κ1) is 13.3. The standard InChI is InChI=1S/C13H20ClNO/c1-4-7-15-9-11(3)16-13-6-5-12(14)8-10(13)2/h5-6,8,11,15H,4,7,9H2,1-3H3. The van der Waals surface area contributed by atoms with Gasteiger partial charge in [-0.3, -0.25) is 0 Å². The van der Waals surface area contributed by atoms with E-state index in [-0.39, 0.29) is 6.10 Å². The number of nitrogens with one attached hydrogen (secondary N) is 1. The number of hydrogen-bond acceptors (Lipinski definition) is 2. The molecule has 0 heterocycles. The zero-order valence-corrected chi connectivity index (χ0v) is 11.0. The van der Waals surface area contributed by atoms with Crippen LogP contribution in [0, 0.1) is 6.92 Å². The van der Waals surface area contributed by atoms with Crippen LogP contribution in [-0.2, 0) is 0 Å². The minimum absolute atomic E-state index is 0.173. The Balaban J connectivity index is 2.46. The average molecular weight is 242 g/mol. The summed E-state index contributed by atoms with van der Waals surface area (Å²) in [6.45, 7) is 8.13. The minimum atomic E-state index is 0.173. The molecule has 16 heavy (non-hydrogen) atoms. The summed E-state index contributed by atoms with van der Waals surface area (Å²) in [6, 6.07) is 5.70. The number of rotatable bonds is 6. The molecule has 1 aromatic rings. The van der Waals surface area contributed by atoms with Crippen molar-refractivity contribution in [2.45, 2.75) is 33.3 Å². The van der Waals surface area contributed by atoms with Crippen molar-refractivity contribution in [2.75, 3.05) is 13.1 Å². The molecule has 0 saturated carbocycles. The molecular weight excluding hydrogens is 222 g/mol. The summed E-state index contributed by atoms with van der Waals surface area (Å²) in [5.41, 5.74) is 1.08. The maximum absolute atomic E-state index is 5.89. The lowest BCUT2D eigenvalue weighted by molar-refractivity contribution is 0.216. The van der Waals surface area contributed by atoms with Gasteiger partial charge in [0.15, 0.2) is 0 Å². The zero-order chi connectivity index (χ0) is 12.0. The van der Waals surface area contributed by atoms with Crippen molar-refractivity contribution in [3.05, 3.63) is 28.8 Å². The molecule has 2 nitrogen and oxygen atoms in total. The fourth-order valence-corrected chi connectivity index (χ4v) is 1.71. The second kappa shape index (κ2) is 6.77. The predicted octanol–water partition coefficient (Wildman–Crippen LogP) is 3.42. The van der Waals surface area contributed by atoms with E-state index in [1.54, 1.807) is 0 Å². The van der Waals surface area contributed by atoms with Crippen molar-refractivity contribution in [2.24, 2.45) is 0 Å². The van der Waals surface area contributed by atoms with Crippen LogP contribution in [-0.4, -0.2) is 19.2 Å². The minimum Gasteiger partial charge on any atom is -0.489 e. The van der Waals surface area contributed by atoms with Gasteiger partial charge in [0.2, 0.25) is 0 Å². The monoisotopic (exact) mass is 241 g/mol. The summed E-state index contributed by atoms with van der Waals surface area (Å²) in [5, 5.41) is 4.09. The van der Waals surface area contributed by atoms with Gasteiger partial charge in [0.1, 0.15) is 11.9 Å². The van der Waals surface area contributed by atoms with E-state index in [0.717, 1.165) is 35.8 Å². The van der Waals surface area contributed by atoms with Gasteiger partial charge in [-0.15, -0.1) is 0 Å². The van der Waals surface area contributed by atoms with E-state index in [1.165, 1.54) is 0 Å². The Kier molecular flexibility index (Phi) is 5.64. The van der Waals surface area contributed by atoms with Gasteiger partial charge in [-0.1, -0.05) is 18.5 Å². The summed E-state index contributed by atoms with van der Waals surface area (Å²) < 4.78 is 5.83. The van der Waals surface area contributed by atoms with Crippen molar-refractivity contribution in [3.8, 4) is 5.75 Å². The number of benzene rings is 1. The Morgan fingerprint density at radius 3 is 2.81 bits per heavy atom. The molecule has 0 bridgehead atoms. The Morgan fingerprint density at radius 2 is 2.19 bits per heavy atom. The Hall–Kier alpha value is -0.730. The van der Waals surface area contributed by atoms with Crippen molar-refractivity contribution < 1.29 is 4.74 Å². The largest absolute Gasteiger partial charge is 0.489 e. The maximum Gasteiger partial charge on any atom is 0.122 e. The van der Waals surface area contributed by atoms with Crippen molar-refractivity contribution in [3.63, 3.8) is 0 Å².